The van der Waals surface area contributed by atoms with Gasteiger partial charge in [-0.3, -0.25) is 4.79 Å². The van der Waals surface area contributed by atoms with E-state index >= 15 is 0 Å². The quantitative estimate of drug-likeness (QED) is 0.777. The molecule has 0 bridgehead atoms. The molecule has 112 valence electrons. The molecule has 0 aliphatic heterocycles. The summed E-state index contributed by atoms with van der Waals surface area (Å²) in [7, 11) is 0. The molecule has 0 atom stereocenters. The van der Waals surface area contributed by atoms with Crippen LogP contribution in [-0.2, 0) is 4.79 Å². The number of rotatable bonds is 6. The first-order chi connectivity index (χ1) is 8.72. The molecule has 0 unspecified atom stereocenters. The normalized spacial score (nSPS) is 18.8. The Bertz CT molecular complexity index is 286. The second-order valence-electron chi connectivity index (χ2n) is 7.69. The van der Waals surface area contributed by atoms with Crippen molar-refractivity contribution in [1.29, 1.82) is 0 Å². The van der Waals surface area contributed by atoms with E-state index in [-0.39, 0.29) is 11.4 Å². The van der Waals surface area contributed by atoms with Crippen molar-refractivity contribution in [2.24, 2.45) is 11.3 Å². The van der Waals surface area contributed by atoms with Crippen LogP contribution in [0.1, 0.15) is 66.7 Å². The van der Waals surface area contributed by atoms with Crippen molar-refractivity contribution >= 4 is 5.91 Å². The molecule has 3 nitrogen and oxygen atoms in total. The number of hydrogen-bond acceptors (Lipinski definition) is 2. The Balaban J connectivity index is 2.38. The molecule has 1 saturated carbocycles. The van der Waals surface area contributed by atoms with Crippen molar-refractivity contribution in [2.75, 3.05) is 13.1 Å². The van der Waals surface area contributed by atoms with E-state index in [4.69, 9.17) is 0 Å². The number of carbonyl (C=O) groups excluding carboxylic acids is 1. The lowest BCUT2D eigenvalue weighted by atomic mass is 9.78. The first-order valence-electron chi connectivity index (χ1n) is 7.74. The van der Waals surface area contributed by atoms with Gasteiger partial charge in [-0.15, -0.1) is 0 Å². The fourth-order valence-electron chi connectivity index (χ4n) is 3.14. The maximum atomic E-state index is 11.9. The van der Waals surface area contributed by atoms with Gasteiger partial charge in [0.05, 0.1) is 6.54 Å². The van der Waals surface area contributed by atoms with Crippen LogP contribution in [0, 0.1) is 11.3 Å². The highest BCUT2D eigenvalue weighted by molar-refractivity contribution is 5.78. The van der Waals surface area contributed by atoms with E-state index in [1.165, 1.54) is 32.1 Å². The summed E-state index contributed by atoms with van der Waals surface area (Å²) in [5.41, 5.74) is 0.367. The topological polar surface area (TPSA) is 41.1 Å². The van der Waals surface area contributed by atoms with Gasteiger partial charge in [0.25, 0.3) is 0 Å². The molecular formula is C16H32N2O. The number of hydrogen-bond donors (Lipinski definition) is 2. The Morgan fingerprint density at radius 2 is 1.79 bits per heavy atom. The summed E-state index contributed by atoms with van der Waals surface area (Å²) in [6.07, 6.45) is 6.43. The summed E-state index contributed by atoms with van der Waals surface area (Å²) in [6.45, 7) is 12.1. The van der Waals surface area contributed by atoms with Gasteiger partial charge < -0.3 is 10.6 Å². The summed E-state index contributed by atoms with van der Waals surface area (Å²) in [4.78, 5) is 11.9. The standard InChI is InChI=1S/C16H32N2O/c1-13(2)10-16(8-6-7-9-16)12-17-14(19)11-18-15(3,4)5/h13,18H,6-12H2,1-5H3,(H,17,19). The smallest absolute Gasteiger partial charge is 0.233 e. The van der Waals surface area contributed by atoms with Gasteiger partial charge >= 0.3 is 0 Å². The first kappa shape index (κ1) is 16.5. The van der Waals surface area contributed by atoms with E-state index in [0.29, 0.717) is 17.9 Å². The van der Waals surface area contributed by atoms with Gasteiger partial charge in [-0.05, 0) is 51.4 Å². The molecular weight excluding hydrogens is 236 g/mol. The largest absolute Gasteiger partial charge is 0.354 e. The summed E-state index contributed by atoms with van der Waals surface area (Å²) in [6, 6.07) is 0. The van der Waals surface area contributed by atoms with Gasteiger partial charge in [-0.1, -0.05) is 26.7 Å². The minimum Gasteiger partial charge on any atom is -0.354 e. The predicted octanol–water partition coefficient (Wildman–Crippen LogP) is 3.10. The van der Waals surface area contributed by atoms with E-state index < -0.39 is 0 Å². The molecule has 0 radical (unpaired) electrons. The highest BCUT2D eigenvalue weighted by Crippen LogP contribution is 2.42. The van der Waals surface area contributed by atoms with Crippen LogP contribution in [0.5, 0.6) is 0 Å². The maximum absolute atomic E-state index is 11.9. The van der Waals surface area contributed by atoms with Gasteiger partial charge in [0, 0.05) is 12.1 Å². The number of carbonyl (C=O) groups is 1. The maximum Gasteiger partial charge on any atom is 0.233 e. The van der Waals surface area contributed by atoms with Crippen LogP contribution in [0.2, 0.25) is 0 Å². The molecule has 0 spiro atoms. The molecule has 3 heteroatoms. The van der Waals surface area contributed by atoms with Crippen molar-refractivity contribution in [3.63, 3.8) is 0 Å². The highest BCUT2D eigenvalue weighted by atomic mass is 16.1. The fourth-order valence-corrected chi connectivity index (χ4v) is 3.14. The van der Waals surface area contributed by atoms with Crippen LogP contribution in [0.4, 0.5) is 0 Å². The molecule has 1 rings (SSSR count). The Kier molecular flexibility index (Phi) is 5.84. The SMILES string of the molecule is CC(C)CC1(CNC(=O)CNC(C)(C)C)CCCC1. The molecule has 19 heavy (non-hydrogen) atoms. The van der Waals surface area contributed by atoms with Gasteiger partial charge in [-0.2, -0.15) is 0 Å². The summed E-state index contributed by atoms with van der Waals surface area (Å²) < 4.78 is 0. The second kappa shape index (κ2) is 6.74. The van der Waals surface area contributed by atoms with E-state index in [2.05, 4.69) is 45.3 Å². The summed E-state index contributed by atoms with van der Waals surface area (Å²) in [5.74, 6) is 0.840. The Hall–Kier alpha value is -0.570. The fraction of sp³-hybridized carbons (Fsp3) is 0.938. The van der Waals surface area contributed by atoms with Crippen molar-refractivity contribution in [3.05, 3.63) is 0 Å². The van der Waals surface area contributed by atoms with Crippen LogP contribution in [0.25, 0.3) is 0 Å². The zero-order chi connectivity index (χ0) is 14.5. The zero-order valence-corrected chi connectivity index (χ0v) is 13.4. The van der Waals surface area contributed by atoms with Crippen molar-refractivity contribution in [2.45, 2.75) is 72.3 Å². The van der Waals surface area contributed by atoms with E-state index in [1.807, 2.05) is 0 Å². The minimum absolute atomic E-state index is 0.000316. The Morgan fingerprint density at radius 1 is 1.21 bits per heavy atom. The van der Waals surface area contributed by atoms with Crippen LogP contribution < -0.4 is 10.6 Å². The molecule has 0 saturated heterocycles. The third kappa shape index (κ3) is 6.42. The molecule has 1 fully saturated rings. The van der Waals surface area contributed by atoms with Crippen molar-refractivity contribution in [3.8, 4) is 0 Å². The molecule has 1 aliphatic rings. The van der Waals surface area contributed by atoms with E-state index in [9.17, 15) is 4.79 Å². The average Bonchev–Trinajstić information content (AvgIpc) is 2.71. The predicted molar refractivity (Wildman–Crippen MR) is 81.1 cm³/mol. The van der Waals surface area contributed by atoms with Gasteiger partial charge in [0.1, 0.15) is 0 Å². The van der Waals surface area contributed by atoms with Crippen molar-refractivity contribution < 1.29 is 4.79 Å². The monoisotopic (exact) mass is 268 g/mol. The van der Waals surface area contributed by atoms with Gasteiger partial charge in [0.15, 0.2) is 0 Å². The molecule has 0 aromatic heterocycles. The van der Waals surface area contributed by atoms with Crippen LogP contribution >= 0.6 is 0 Å². The third-order valence-corrected chi connectivity index (χ3v) is 3.95. The lowest BCUT2D eigenvalue weighted by Crippen LogP contribution is -2.45. The number of amides is 1. The van der Waals surface area contributed by atoms with E-state index in [0.717, 1.165) is 6.54 Å². The minimum atomic E-state index is 0.000316. The molecule has 0 aromatic carbocycles. The van der Waals surface area contributed by atoms with Crippen LogP contribution in [-0.4, -0.2) is 24.5 Å². The van der Waals surface area contributed by atoms with Crippen LogP contribution in [0.3, 0.4) is 0 Å². The Morgan fingerprint density at radius 3 is 2.26 bits per heavy atom. The first-order valence-corrected chi connectivity index (χ1v) is 7.74. The third-order valence-electron chi connectivity index (χ3n) is 3.95. The molecule has 0 heterocycles. The molecule has 1 aliphatic carbocycles. The van der Waals surface area contributed by atoms with Crippen molar-refractivity contribution in [1.82, 2.24) is 10.6 Å². The van der Waals surface area contributed by atoms with E-state index in [1.54, 1.807) is 0 Å². The summed E-state index contributed by atoms with van der Waals surface area (Å²) in [5, 5.41) is 6.38. The molecule has 2 N–H and O–H groups in total. The summed E-state index contributed by atoms with van der Waals surface area (Å²) >= 11 is 0. The van der Waals surface area contributed by atoms with Gasteiger partial charge in [-0.25, -0.2) is 0 Å². The van der Waals surface area contributed by atoms with Crippen LogP contribution in [0.15, 0.2) is 0 Å². The second-order valence-corrected chi connectivity index (χ2v) is 7.69. The lowest BCUT2D eigenvalue weighted by Gasteiger charge is -2.31. The average molecular weight is 268 g/mol. The lowest BCUT2D eigenvalue weighted by molar-refractivity contribution is -0.121. The molecule has 0 aromatic rings. The number of nitrogens with one attached hydrogen (secondary N) is 2. The van der Waals surface area contributed by atoms with Gasteiger partial charge in [0.2, 0.25) is 5.91 Å². The zero-order valence-electron chi connectivity index (χ0n) is 13.4. The Labute approximate surface area is 118 Å². The highest BCUT2D eigenvalue weighted by Gasteiger charge is 2.34. The molecule has 1 amide bonds.